The molecule has 3 aromatic carbocycles. The number of nitrogens with one attached hydrogen (secondary N) is 1. The third-order valence-corrected chi connectivity index (χ3v) is 5.52. The maximum Gasteiger partial charge on any atom is 0.248 e. The summed E-state index contributed by atoms with van der Waals surface area (Å²) in [6.45, 7) is 0. The third kappa shape index (κ3) is 3.62. The average Bonchev–Trinajstić information content (AvgIpc) is 3.46. The lowest BCUT2D eigenvalue weighted by Crippen LogP contribution is -2.09. The molecular formula is C26H21N3O2. The number of benzene rings is 3. The number of anilines is 1. The van der Waals surface area contributed by atoms with Gasteiger partial charge in [-0.2, -0.15) is 0 Å². The third-order valence-electron chi connectivity index (χ3n) is 5.52. The van der Waals surface area contributed by atoms with Crippen LogP contribution in [0.5, 0.6) is 5.75 Å². The fourth-order valence-corrected chi connectivity index (χ4v) is 4.03. The van der Waals surface area contributed by atoms with Gasteiger partial charge in [-0.05, 0) is 52.1 Å². The molecule has 0 atom stereocenters. The van der Waals surface area contributed by atoms with Crippen LogP contribution in [0, 0.1) is 0 Å². The van der Waals surface area contributed by atoms with Crippen molar-refractivity contribution in [3.8, 4) is 22.6 Å². The van der Waals surface area contributed by atoms with Gasteiger partial charge in [0, 0.05) is 30.6 Å². The van der Waals surface area contributed by atoms with E-state index in [1.807, 2.05) is 47.2 Å². The summed E-state index contributed by atoms with van der Waals surface area (Å²) in [5.41, 5.74) is 7.52. The number of carbonyl (C=O) groups excluding carboxylic acids is 1. The van der Waals surface area contributed by atoms with Gasteiger partial charge in [0.2, 0.25) is 5.91 Å². The Morgan fingerprint density at radius 2 is 1.97 bits per heavy atom. The highest BCUT2D eigenvalue weighted by molar-refractivity contribution is 6.03. The molecule has 0 radical (unpaired) electrons. The van der Waals surface area contributed by atoms with Crippen LogP contribution in [0.4, 0.5) is 5.69 Å². The highest BCUT2D eigenvalue weighted by atomic mass is 16.5. The van der Waals surface area contributed by atoms with Crippen LogP contribution in [0.1, 0.15) is 16.7 Å². The van der Waals surface area contributed by atoms with E-state index >= 15 is 0 Å². The Morgan fingerprint density at radius 1 is 1.10 bits per heavy atom. The molecule has 0 spiro atoms. The quantitative estimate of drug-likeness (QED) is 0.412. The van der Waals surface area contributed by atoms with Crippen molar-refractivity contribution in [1.29, 1.82) is 0 Å². The monoisotopic (exact) mass is 407 g/mol. The second kappa shape index (κ2) is 7.95. The number of aromatic nitrogens is 2. The molecule has 0 fully saturated rings. The minimum Gasteiger partial charge on any atom is -0.495 e. The van der Waals surface area contributed by atoms with Crippen LogP contribution in [0.2, 0.25) is 0 Å². The number of hydrogen-bond donors (Lipinski definition) is 1. The number of amides is 1. The molecule has 1 amide bonds. The molecule has 1 aliphatic carbocycles. The Balaban J connectivity index is 1.34. The molecular weight excluding hydrogens is 386 g/mol. The largest absolute Gasteiger partial charge is 0.495 e. The molecule has 0 saturated carbocycles. The average molecular weight is 407 g/mol. The van der Waals surface area contributed by atoms with E-state index in [1.54, 1.807) is 31.8 Å². The summed E-state index contributed by atoms with van der Waals surface area (Å²) < 4.78 is 7.39. The Labute approximate surface area is 180 Å². The summed E-state index contributed by atoms with van der Waals surface area (Å²) in [4.78, 5) is 16.7. The van der Waals surface area contributed by atoms with E-state index in [-0.39, 0.29) is 5.91 Å². The van der Waals surface area contributed by atoms with Crippen LogP contribution in [0.15, 0.2) is 85.5 Å². The maximum absolute atomic E-state index is 12.6. The van der Waals surface area contributed by atoms with Crippen molar-refractivity contribution in [2.45, 2.75) is 6.42 Å². The first-order valence-corrected chi connectivity index (χ1v) is 10.1. The summed E-state index contributed by atoms with van der Waals surface area (Å²) in [6, 6.07) is 20.2. The summed E-state index contributed by atoms with van der Waals surface area (Å²) in [7, 11) is 1.63. The van der Waals surface area contributed by atoms with Crippen molar-refractivity contribution in [3.05, 3.63) is 102 Å². The van der Waals surface area contributed by atoms with Crippen molar-refractivity contribution in [1.82, 2.24) is 9.55 Å². The number of nitrogens with zero attached hydrogens (tertiary/aromatic N) is 2. The lowest BCUT2D eigenvalue weighted by molar-refractivity contribution is -0.111. The predicted octanol–water partition coefficient (Wildman–Crippen LogP) is 5.10. The normalized spacial score (nSPS) is 11.9. The Kier molecular flexibility index (Phi) is 4.84. The van der Waals surface area contributed by atoms with E-state index in [0.717, 1.165) is 28.9 Å². The van der Waals surface area contributed by atoms with Gasteiger partial charge < -0.3 is 14.6 Å². The van der Waals surface area contributed by atoms with Crippen molar-refractivity contribution >= 4 is 17.7 Å². The molecule has 5 heteroatoms. The second-order valence-corrected chi connectivity index (χ2v) is 7.39. The van der Waals surface area contributed by atoms with Gasteiger partial charge in [-0.15, -0.1) is 0 Å². The molecule has 0 bridgehead atoms. The van der Waals surface area contributed by atoms with Gasteiger partial charge in [0.15, 0.2) is 0 Å². The van der Waals surface area contributed by atoms with Gasteiger partial charge in [0.25, 0.3) is 0 Å². The van der Waals surface area contributed by atoms with E-state index in [4.69, 9.17) is 4.74 Å². The van der Waals surface area contributed by atoms with Crippen LogP contribution in [0.3, 0.4) is 0 Å². The van der Waals surface area contributed by atoms with Gasteiger partial charge in [-0.1, -0.05) is 42.5 Å². The minimum absolute atomic E-state index is 0.165. The minimum atomic E-state index is -0.165. The molecule has 152 valence electrons. The van der Waals surface area contributed by atoms with Gasteiger partial charge in [0.05, 0.1) is 19.1 Å². The van der Waals surface area contributed by atoms with E-state index in [0.29, 0.717) is 5.75 Å². The zero-order valence-corrected chi connectivity index (χ0v) is 17.1. The molecule has 1 aliphatic rings. The van der Waals surface area contributed by atoms with E-state index < -0.39 is 0 Å². The lowest BCUT2D eigenvalue weighted by Gasteiger charge is -2.10. The molecule has 5 rings (SSSR count). The fraction of sp³-hybridized carbons (Fsp3) is 0.0769. The summed E-state index contributed by atoms with van der Waals surface area (Å²) in [5, 5.41) is 3.04. The predicted molar refractivity (Wildman–Crippen MR) is 122 cm³/mol. The molecule has 0 aliphatic heterocycles. The second-order valence-electron chi connectivity index (χ2n) is 7.39. The first-order valence-electron chi connectivity index (χ1n) is 10.1. The lowest BCUT2D eigenvalue weighted by atomic mass is 10.0. The Hall–Kier alpha value is -4.12. The molecule has 31 heavy (non-hydrogen) atoms. The summed E-state index contributed by atoms with van der Waals surface area (Å²) in [6.07, 6.45) is 9.46. The number of hydrogen-bond acceptors (Lipinski definition) is 3. The standard InChI is InChI=1S/C26H21N3O2/c1-31-25-15-18(9-11-24(25)29-14-13-27-17-29)10-12-26(30)28-23-8-4-7-21-20-6-3-2-5-19(20)16-22(21)23/h2-15,17H,16H2,1H3,(H,28,30). The number of fused-ring (bicyclic) bond motifs is 3. The summed E-state index contributed by atoms with van der Waals surface area (Å²) >= 11 is 0. The molecule has 1 heterocycles. The molecule has 4 aromatic rings. The Morgan fingerprint density at radius 3 is 2.81 bits per heavy atom. The van der Waals surface area contributed by atoms with Gasteiger partial charge in [-0.25, -0.2) is 4.98 Å². The molecule has 5 nitrogen and oxygen atoms in total. The first kappa shape index (κ1) is 18.9. The fourth-order valence-electron chi connectivity index (χ4n) is 4.03. The van der Waals surface area contributed by atoms with E-state index in [2.05, 4.69) is 34.6 Å². The number of carbonyl (C=O) groups is 1. The highest BCUT2D eigenvalue weighted by Crippen LogP contribution is 2.40. The number of rotatable bonds is 5. The van der Waals surface area contributed by atoms with Gasteiger partial charge in [0.1, 0.15) is 5.75 Å². The number of ether oxygens (including phenoxy) is 1. The zero-order valence-electron chi connectivity index (χ0n) is 17.1. The van der Waals surface area contributed by atoms with Crippen LogP contribution >= 0.6 is 0 Å². The SMILES string of the molecule is COc1cc(C=CC(=O)Nc2cccc3c2Cc2ccccc2-3)ccc1-n1ccnc1. The molecule has 0 saturated heterocycles. The van der Waals surface area contributed by atoms with Crippen LogP contribution < -0.4 is 10.1 Å². The van der Waals surface area contributed by atoms with E-state index in [1.165, 1.54) is 16.7 Å². The summed E-state index contributed by atoms with van der Waals surface area (Å²) in [5.74, 6) is 0.543. The van der Waals surface area contributed by atoms with Crippen LogP contribution in [-0.2, 0) is 11.2 Å². The molecule has 1 aromatic heterocycles. The topological polar surface area (TPSA) is 56.1 Å². The van der Waals surface area contributed by atoms with Crippen molar-refractivity contribution < 1.29 is 9.53 Å². The smallest absolute Gasteiger partial charge is 0.248 e. The molecule has 0 unspecified atom stereocenters. The van der Waals surface area contributed by atoms with E-state index in [9.17, 15) is 4.79 Å². The van der Waals surface area contributed by atoms with Crippen molar-refractivity contribution in [2.24, 2.45) is 0 Å². The maximum atomic E-state index is 12.6. The van der Waals surface area contributed by atoms with Gasteiger partial charge >= 0.3 is 0 Å². The highest BCUT2D eigenvalue weighted by Gasteiger charge is 2.20. The number of imidazole rings is 1. The van der Waals surface area contributed by atoms with Crippen molar-refractivity contribution in [3.63, 3.8) is 0 Å². The first-order chi connectivity index (χ1) is 15.2. The number of methoxy groups -OCH3 is 1. The molecule has 1 N–H and O–H groups in total. The zero-order chi connectivity index (χ0) is 21.2. The van der Waals surface area contributed by atoms with Crippen LogP contribution in [-0.4, -0.2) is 22.6 Å². The Bertz CT molecular complexity index is 1290. The van der Waals surface area contributed by atoms with Gasteiger partial charge in [-0.3, -0.25) is 4.79 Å². The van der Waals surface area contributed by atoms with Crippen molar-refractivity contribution in [2.75, 3.05) is 12.4 Å². The van der Waals surface area contributed by atoms with Crippen LogP contribution in [0.25, 0.3) is 22.9 Å².